The molecule has 0 spiro atoms. The van der Waals surface area contributed by atoms with Crippen molar-refractivity contribution < 1.29 is 9.53 Å². The molecular formula is C14H20N2O2. The lowest BCUT2D eigenvalue weighted by Crippen LogP contribution is -2.21. The highest BCUT2D eigenvalue weighted by molar-refractivity contribution is 5.78. The van der Waals surface area contributed by atoms with Gasteiger partial charge in [-0.25, -0.2) is 0 Å². The number of hydrogen-bond donors (Lipinski definition) is 2. The van der Waals surface area contributed by atoms with E-state index in [9.17, 15) is 4.79 Å². The highest BCUT2D eigenvalue weighted by Crippen LogP contribution is 2.21. The van der Waals surface area contributed by atoms with E-state index in [0.29, 0.717) is 6.10 Å². The van der Waals surface area contributed by atoms with Crippen molar-refractivity contribution >= 4 is 11.6 Å². The fourth-order valence-electron chi connectivity index (χ4n) is 2.29. The molecular weight excluding hydrogens is 228 g/mol. The van der Waals surface area contributed by atoms with Gasteiger partial charge >= 0.3 is 0 Å². The summed E-state index contributed by atoms with van der Waals surface area (Å²) in [6.07, 6.45) is 3.10. The van der Waals surface area contributed by atoms with Gasteiger partial charge in [0.15, 0.2) is 0 Å². The summed E-state index contributed by atoms with van der Waals surface area (Å²) in [5.41, 5.74) is 7.15. The molecule has 0 bridgehead atoms. The van der Waals surface area contributed by atoms with Crippen molar-refractivity contribution in [2.75, 3.05) is 11.9 Å². The molecule has 4 nitrogen and oxygen atoms in total. The highest BCUT2D eigenvalue weighted by atomic mass is 16.5. The van der Waals surface area contributed by atoms with E-state index < -0.39 is 0 Å². The molecule has 0 aliphatic carbocycles. The first kappa shape index (κ1) is 12.9. The van der Waals surface area contributed by atoms with Crippen LogP contribution in [0.1, 0.15) is 25.3 Å². The van der Waals surface area contributed by atoms with Gasteiger partial charge in [-0.05, 0) is 31.4 Å². The third-order valence-corrected chi connectivity index (χ3v) is 3.22. The topological polar surface area (TPSA) is 64.3 Å². The summed E-state index contributed by atoms with van der Waals surface area (Å²) in [7, 11) is 0. The van der Waals surface area contributed by atoms with Gasteiger partial charge in [-0.3, -0.25) is 4.79 Å². The third-order valence-electron chi connectivity index (χ3n) is 3.22. The van der Waals surface area contributed by atoms with Crippen LogP contribution >= 0.6 is 0 Å². The van der Waals surface area contributed by atoms with E-state index in [1.54, 1.807) is 0 Å². The second-order valence-electron chi connectivity index (χ2n) is 4.83. The van der Waals surface area contributed by atoms with Gasteiger partial charge in [0.05, 0.1) is 18.6 Å². The molecule has 1 aliphatic rings. The predicted molar refractivity (Wildman–Crippen MR) is 71.4 cm³/mol. The van der Waals surface area contributed by atoms with Crippen LogP contribution in [0.3, 0.4) is 0 Å². The summed E-state index contributed by atoms with van der Waals surface area (Å²) < 4.78 is 5.75. The first-order valence-electron chi connectivity index (χ1n) is 6.40. The van der Waals surface area contributed by atoms with Gasteiger partial charge in [0.25, 0.3) is 0 Å². The van der Waals surface area contributed by atoms with Gasteiger partial charge in [0, 0.05) is 12.2 Å². The summed E-state index contributed by atoms with van der Waals surface area (Å²) in [6.45, 7) is 2.88. The Morgan fingerprint density at radius 3 is 2.89 bits per heavy atom. The normalized spacial score (nSPS) is 22.9. The van der Waals surface area contributed by atoms with Crippen molar-refractivity contribution in [1.82, 2.24) is 0 Å². The number of hydrogen-bond acceptors (Lipinski definition) is 3. The van der Waals surface area contributed by atoms with Crippen LogP contribution < -0.4 is 11.1 Å². The molecule has 1 aromatic rings. The molecule has 2 atom stereocenters. The van der Waals surface area contributed by atoms with E-state index in [0.717, 1.165) is 30.6 Å². The molecule has 1 aliphatic heterocycles. The minimum absolute atomic E-state index is 0.265. The Labute approximate surface area is 108 Å². The summed E-state index contributed by atoms with van der Waals surface area (Å²) in [5.74, 6) is -0.310. The molecule has 3 N–H and O–H groups in total. The standard InChI is InChI=1S/C14H20N2O2/c1-10-6-7-12(18-10)9-16-13-5-3-2-4-11(13)8-14(15)17/h2-5,10,12,16H,6-9H2,1H3,(H2,15,17). The molecule has 1 aromatic carbocycles. The number of amides is 1. The van der Waals surface area contributed by atoms with Crippen molar-refractivity contribution in [2.45, 2.75) is 38.4 Å². The smallest absolute Gasteiger partial charge is 0.221 e. The average Bonchev–Trinajstić information content (AvgIpc) is 2.73. The van der Waals surface area contributed by atoms with Gasteiger partial charge < -0.3 is 15.8 Å². The zero-order valence-electron chi connectivity index (χ0n) is 10.7. The molecule has 1 heterocycles. The highest BCUT2D eigenvalue weighted by Gasteiger charge is 2.21. The first-order chi connectivity index (χ1) is 8.65. The zero-order chi connectivity index (χ0) is 13.0. The molecule has 2 rings (SSSR count). The van der Waals surface area contributed by atoms with Crippen LogP contribution in [0.4, 0.5) is 5.69 Å². The lowest BCUT2D eigenvalue weighted by atomic mass is 10.1. The number of primary amides is 1. The Balaban J connectivity index is 1.94. The fraction of sp³-hybridized carbons (Fsp3) is 0.500. The lowest BCUT2D eigenvalue weighted by Gasteiger charge is -2.15. The van der Waals surface area contributed by atoms with Crippen LogP contribution in [0.25, 0.3) is 0 Å². The van der Waals surface area contributed by atoms with E-state index >= 15 is 0 Å². The minimum Gasteiger partial charge on any atom is -0.382 e. The minimum atomic E-state index is -0.310. The summed E-state index contributed by atoms with van der Waals surface area (Å²) in [5, 5.41) is 3.35. The van der Waals surface area contributed by atoms with E-state index in [1.165, 1.54) is 0 Å². The van der Waals surface area contributed by atoms with Crippen LogP contribution in [0, 0.1) is 0 Å². The van der Waals surface area contributed by atoms with Crippen LogP contribution in [0.2, 0.25) is 0 Å². The Hall–Kier alpha value is -1.55. The van der Waals surface area contributed by atoms with Crippen LogP contribution in [0.5, 0.6) is 0 Å². The van der Waals surface area contributed by atoms with E-state index in [4.69, 9.17) is 10.5 Å². The maximum Gasteiger partial charge on any atom is 0.221 e. The zero-order valence-corrected chi connectivity index (χ0v) is 10.7. The average molecular weight is 248 g/mol. The molecule has 1 amide bonds. The van der Waals surface area contributed by atoms with Crippen LogP contribution in [0.15, 0.2) is 24.3 Å². The molecule has 1 fully saturated rings. The Kier molecular flexibility index (Phi) is 4.20. The number of anilines is 1. The van der Waals surface area contributed by atoms with Gasteiger partial charge in [-0.2, -0.15) is 0 Å². The number of carbonyl (C=O) groups is 1. The predicted octanol–water partition coefficient (Wildman–Crippen LogP) is 1.69. The van der Waals surface area contributed by atoms with Crippen molar-refractivity contribution in [3.8, 4) is 0 Å². The van der Waals surface area contributed by atoms with Gasteiger partial charge in [0.2, 0.25) is 5.91 Å². The summed E-state index contributed by atoms with van der Waals surface area (Å²) in [6, 6.07) is 7.75. The van der Waals surface area contributed by atoms with Crippen molar-refractivity contribution in [3.63, 3.8) is 0 Å². The summed E-state index contributed by atoms with van der Waals surface area (Å²) >= 11 is 0. The first-order valence-corrected chi connectivity index (χ1v) is 6.40. The van der Waals surface area contributed by atoms with Gasteiger partial charge in [0.1, 0.15) is 0 Å². The summed E-state index contributed by atoms with van der Waals surface area (Å²) in [4.78, 5) is 11.0. The number of rotatable bonds is 5. The molecule has 0 radical (unpaired) electrons. The monoisotopic (exact) mass is 248 g/mol. The molecule has 18 heavy (non-hydrogen) atoms. The lowest BCUT2D eigenvalue weighted by molar-refractivity contribution is -0.117. The maximum absolute atomic E-state index is 11.0. The Morgan fingerprint density at radius 1 is 1.44 bits per heavy atom. The number of nitrogens with two attached hydrogens (primary N) is 1. The molecule has 98 valence electrons. The van der Waals surface area contributed by atoms with Crippen LogP contribution in [-0.2, 0) is 16.0 Å². The van der Waals surface area contributed by atoms with E-state index in [1.807, 2.05) is 24.3 Å². The number of ether oxygens (including phenoxy) is 1. The molecule has 0 saturated carbocycles. The fourth-order valence-corrected chi connectivity index (χ4v) is 2.29. The van der Waals surface area contributed by atoms with Gasteiger partial charge in [-0.1, -0.05) is 18.2 Å². The van der Waals surface area contributed by atoms with Gasteiger partial charge in [-0.15, -0.1) is 0 Å². The second-order valence-corrected chi connectivity index (χ2v) is 4.83. The van der Waals surface area contributed by atoms with Crippen LogP contribution in [-0.4, -0.2) is 24.7 Å². The number of nitrogens with one attached hydrogen (secondary N) is 1. The van der Waals surface area contributed by atoms with E-state index in [2.05, 4.69) is 12.2 Å². The number of benzene rings is 1. The Morgan fingerprint density at radius 2 is 2.22 bits per heavy atom. The molecule has 4 heteroatoms. The van der Waals surface area contributed by atoms with Crippen molar-refractivity contribution in [1.29, 1.82) is 0 Å². The number of carbonyl (C=O) groups excluding carboxylic acids is 1. The third kappa shape index (κ3) is 3.47. The maximum atomic E-state index is 11.0. The van der Waals surface area contributed by atoms with Crippen molar-refractivity contribution in [2.24, 2.45) is 5.73 Å². The SMILES string of the molecule is CC1CCC(CNc2ccccc2CC(N)=O)O1. The quantitative estimate of drug-likeness (QED) is 0.833. The molecule has 2 unspecified atom stereocenters. The van der Waals surface area contributed by atoms with E-state index in [-0.39, 0.29) is 18.4 Å². The number of para-hydroxylation sites is 1. The largest absolute Gasteiger partial charge is 0.382 e. The second kappa shape index (κ2) is 5.87. The molecule has 0 aromatic heterocycles. The Bertz CT molecular complexity index is 420. The van der Waals surface area contributed by atoms with Crippen molar-refractivity contribution in [3.05, 3.63) is 29.8 Å². The molecule has 1 saturated heterocycles.